The maximum Gasteiger partial charge on any atom is 0.254 e. The first-order chi connectivity index (χ1) is 12.5. The van der Waals surface area contributed by atoms with Gasteiger partial charge in [-0.25, -0.2) is 4.98 Å². The van der Waals surface area contributed by atoms with Gasteiger partial charge in [0.25, 0.3) is 5.56 Å². The monoisotopic (exact) mass is 353 g/mol. The molecule has 0 unspecified atom stereocenters. The molecule has 0 atom stereocenters. The minimum Gasteiger partial charge on any atom is -0.355 e. The number of hydrogen-bond donors (Lipinski definition) is 2. The molecule has 1 amide bonds. The lowest BCUT2D eigenvalue weighted by molar-refractivity contribution is -0.121. The molecule has 1 heterocycles. The molecule has 1 aliphatic rings. The van der Waals surface area contributed by atoms with Gasteiger partial charge in [0.05, 0.1) is 0 Å². The molecule has 0 spiro atoms. The van der Waals surface area contributed by atoms with E-state index >= 15 is 0 Å². The van der Waals surface area contributed by atoms with Crippen molar-refractivity contribution in [2.24, 2.45) is 0 Å². The zero-order valence-corrected chi connectivity index (χ0v) is 15.6. The minimum atomic E-state index is -0.139. The molecule has 2 N–H and O–H groups in total. The summed E-state index contributed by atoms with van der Waals surface area (Å²) in [7, 11) is 0. The topological polar surface area (TPSA) is 74.8 Å². The van der Waals surface area contributed by atoms with Crippen LogP contribution in [-0.4, -0.2) is 22.4 Å². The average molecular weight is 353 g/mol. The fraction of sp³-hybridized carbons (Fsp3) is 0.476. The highest BCUT2D eigenvalue weighted by Crippen LogP contribution is 2.40. The van der Waals surface area contributed by atoms with E-state index in [-0.39, 0.29) is 16.9 Å². The highest BCUT2D eigenvalue weighted by atomic mass is 16.1. The summed E-state index contributed by atoms with van der Waals surface area (Å²) in [5.74, 6) is 0.596. The molecule has 0 aliphatic heterocycles. The quantitative estimate of drug-likeness (QED) is 0.838. The van der Waals surface area contributed by atoms with Crippen LogP contribution in [-0.2, 0) is 16.6 Å². The summed E-state index contributed by atoms with van der Waals surface area (Å²) in [4.78, 5) is 31.4. The van der Waals surface area contributed by atoms with Gasteiger partial charge in [0.2, 0.25) is 5.91 Å². The third-order valence-electron chi connectivity index (χ3n) is 5.51. The number of nitrogens with one attached hydrogen (secondary N) is 2. The number of aromatic nitrogens is 2. The Labute approximate surface area is 154 Å². The third-order valence-corrected chi connectivity index (χ3v) is 5.51. The highest BCUT2D eigenvalue weighted by molar-refractivity contribution is 5.76. The SMILES string of the molecule is Cc1nc(C)c(CCC(=O)NCC2(c3ccccc3)CCCC2)c(=O)[nH]1. The second-order valence-corrected chi connectivity index (χ2v) is 7.35. The van der Waals surface area contributed by atoms with Crippen LogP contribution in [0, 0.1) is 13.8 Å². The van der Waals surface area contributed by atoms with Gasteiger partial charge in [-0.2, -0.15) is 0 Å². The fourth-order valence-electron chi connectivity index (χ4n) is 4.05. The molecule has 0 bridgehead atoms. The van der Waals surface area contributed by atoms with Crippen molar-refractivity contribution < 1.29 is 4.79 Å². The molecular weight excluding hydrogens is 326 g/mol. The Morgan fingerprint density at radius 2 is 1.88 bits per heavy atom. The van der Waals surface area contributed by atoms with Crippen LogP contribution in [0.2, 0.25) is 0 Å². The van der Waals surface area contributed by atoms with Gasteiger partial charge in [-0.15, -0.1) is 0 Å². The van der Waals surface area contributed by atoms with Crippen molar-refractivity contribution in [1.29, 1.82) is 0 Å². The Morgan fingerprint density at radius 3 is 2.54 bits per heavy atom. The zero-order valence-electron chi connectivity index (χ0n) is 15.6. The number of aryl methyl sites for hydroxylation is 2. The van der Waals surface area contributed by atoms with E-state index in [0.717, 1.165) is 12.8 Å². The van der Waals surface area contributed by atoms with E-state index in [1.165, 1.54) is 18.4 Å². The molecule has 5 nitrogen and oxygen atoms in total. The predicted octanol–water partition coefficient (Wildman–Crippen LogP) is 2.95. The standard InChI is InChI=1S/C21H27N3O2/c1-15-18(20(26)24-16(2)23-15)10-11-19(25)22-14-21(12-6-7-13-21)17-8-4-3-5-9-17/h3-5,8-9H,6-7,10-14H2,1-2H3,(H,22,25)(H,23,24,26). The van der Waals surface area contributed by atoms with Crippen LogP contribution in [0.4, 0.5) is 0 Å². The third kappa shape index (κ3) is 4.03. The number of rotatable bonds is 6. The summed E-state index contributed by atoms with van der Waals surface area (Å²) in [6.07, 6.45) is 5.34. The number of carbonyl (C=O) groups excluding carboxylic acids is 1. The van der Waals surface area contributed by atoms with Gasteiger partial charge in [-0.05, 0) is 38.7 Å². The zero-order chi connectivity index (χ0) is 18.6. The molecule has 1 aromatic heterocycles. The number of carbonyl (C=O) groups is 1. The Bertz CT molecular complexity index is 821. The number of H-pyrrole nitrogens is 1. The van der Waals surface area contributed by atoms with E-state index in [9.17, 15) is 9.59 Å². The number of benzene rings is 1. The lowest BCUT2D eigenvalue weighted by Crippen LogP contribution is -2.39. The first-order valence-corrected chi connectivity index (χ1v) is 9.39. The van der Waals surface area contributed by atoms with Gasteiger partial charge < -0.3 is 10.3 Å². The van der Waals surface area contributed by atoms with Crippen molar-refractivity contribution in [2.45, 2.75) is 57.8 Å². The highest BCUT2D eigenvalue weighted by Gasteiger charge is 2.35. The van der Waals surface area contributed by atoms with Crippen LogP contribution >= 0.6 is 0 Å². The number of hydrogen-bond acceptors (Lipinski definition) is 3. The van der Waals surface area contributed by atoms with Crippen LogP contribution in [0.25, 0.3) is 0 Å². The van der Waals surface area contributed by atoms with Gasteiger partial charge in [0, 0.05) is 29.6 Å². The molecule has 1 aliphatic carbocycles. The molecule has 26 heavy (non-hydrogen) atoms. The molecule has 3 rings (SSSR count). The van der Waals surface area contributed by atoms with Crippen molar-refractivity contribution in [3.63, 3.8) is 0 Å². The second-order valence-electron chi connectivity index (χ2n) is 7.35. The lowest BCUT2D eigenvalue weighted by Gasteiger charge is -2.30. The maximum absolute atomic E-state index is 12.4. The van der Waals surface area contributed by atoms with Crippen molar-refractivity contribution in [2.75, 3.05) is 6.54 Å². The molecule has 2 aromatic rings. The summed E-state index contributed by atoms with van der Waals surface area (Å²) >= 11 is 0. The predicted molar refractivity (Wildman–Crippen MR) is 102 cm³/mol. The molecule has 0 radical (unpaired) electrons. The summed E-state index contributed by atoms with van der Waals surface area (Å²) in [5.41, 5.74) is 2.53. The van der Waals surface area contributed by atoms with Gasteiger partial charge in [-0.1, -0.05) is 43.2 Å². The van der Waals surface area contributed by atoms with Crippen LogP contribution < -0.4 is 10.9 Å². The minimum absolute atomic E-state index is 0.00780. The molecule has 5 heteroatoms. The van der Waals surface area contributed by atoms with Crippen LogP contribution in [0.5, 0.6) is 0 Å². The van der Waals surface area contributed by atoms with Gasteiger partial charge in [0.1, 0.15) is 5.82 Å². The van der Waals surface area contributed by atoms with Crippen LogP contribution in [0.1, 0.15) is 54.7 Å². The maximum atomic E-state index is 12.4. The smallest absolute Gasteiger partial charge is 0.254 e. The van der Waals surface area contributed by atoms with Crippen molar-refractivity contribution in [1.82, 2.24) is 15.3 Å². The Kier molecular flexibility index (Phi) is 5.55. The molecule has 1 aromatic carbocycles. The van der Waals surface area contributed by atoms with Gasteiger partial charge in [0.15, 0.2) is 0 Å². The second kappa shape index (κ2) is 7.85. The number of nitrogens with zero attached hydrogens (tertiary/aromatic N) is 1. The average Bonchev–Trinajstić information content (AvgIpc) is 3.10. The van der Waals surface area contributed by atoms with Crippen molar-refractivity contribution in [3.8, 4) is 0 Å². The first-order valence-electron chi connectivity index (χ1n) is 9.39. The van der Waals surface area contributed by atoms with Crippen molar-refractivity contribution >= 4 is 5.91 Å². The largest absolute Gasteiger partial charge is 0.355 e. The normalized spacial score (nSPS) is 15.8. The van der Waals surface area contributed by atoms with Crippen molar-refractivity contribution in [3.05, 3.63) is 63.3 Å². The molecular formula is C21H27N3O2. The number of aromatic amines is 1. The van der Waals surface area contributed by atoms with E-state index in [1.807, 2.05) is 13.0 Å². The Hall–Kier alpha value is -2.43. The summed E-state index contributed by atoms with van der Waals surface area (Å²) in [5, 5.41) is 3.11. The summed E-state index contributed by atoms with van der Waals surface area (Å²) < 4.78 is 0. The Balaban J connectivity index is 1.61. The Morgan fingerprint density at radius 1 is 1.19 bits per heavy atom. The van der Waals surface area contributed by atoms with E-state index in [2.05, 4.69) is 39.6 Å². The lowest BCUT2D eigenvalue weighted by atomic mass is 9.79. The van der Waals surface area contributed by atoms with Gasteiger partial charge >= 0.3 is 0 Å². The molecule has 1 fully saturated rings. The van der Waals surface area contributed by atoms with Crippen LogP contribution in [0.15, 0.2) is 35.1 Å². The fourth-order valence-corrected chi connectivity index (χ4v) is 4.05. The van der Waals surface area contributed by atoms with Crippen LogP contribution in [0.3, 0.4) is 0 Å². The number of amides is 1. The van der Waals surface area contributed by atoms with E-state index in [1.54, 1.807) is 6.92 Å². The van der Waals surface area contributed by atoms with E-state index < -0.39 is 0 Å². The molecule has 138 valence electrons. The summed E-state index contributed by atoms with van der Waals surface area (Å²) in [6, 6.07) is 10.5. The van der Waals surface area contributed by atoms with Gasteiger partial charge in [-0.3, -0.25) is 9.59 Å². The van der Waals surface area contributed by atoms with E-state index in [0.29, 0.717) is 36.5 Å². The molecule has 0 saturated heterocycles. The summed E-state index contributed by atoms with van der Waals surface area (Å²) in [6.45, 7) is 4.24. The van der Waals surface area contributed by atoms with E-state index in [4.69, 9.17) is 0 Å². The first kappa shape index (κ1) is 18.4. The molecule has 1 saturated carbocycles.